The molecule has 0 fully saturated rings. The molecule has 1 aromatic heterocycles. The van der Waals surface area contributed by atoms with Crippen LogP contribution < -0.4 is 4.72 Å². The summed E-state index contributed by atoms with van der Waals surface area (Å²) in [4.78, 5) is 14.2. The zero-order chi connectivity index (χ0) is 17.2. The minimum Gasteiger partial charge on any atom is -0.441 e. The molecule has 0 radical (unpaired) electrons. The molecule has 0 aliphatic carbocycles. The lowest BCUT2D eigenvalue weighted by Crippen LogP contribution is -2.26. The van der Waals surface area contributed by atoms with Gasteiger partial charge in [0.05, 0.1) is 9.82 Å². The van der Waals surface area contributed by atoms with E-state index in [1.165, 1.54) is 18.2 Å². The fraction of sp³-hybridized carbons (Fsp3) is 0.133. The Kier molecular flexibility index (Phi) is 4.28. The van der Waals surface area contributed by atoms with Crippen LogP contribution in [-0.2, 0) is 16.4 Å². The van der Waals surface area contributed by atoms with Gasteiger partial charge in [-0.25, -0.2) is 18.1 Å². The Morgan fingerprint density at radius 1 is 1.17 bits per heavy atom. The van der Waals surface area contributed by atoms with E-state index in [9.17, 15) is 18.5 Å². The number of sulfonamides is 1. The van der Waals surface area contributed by atoms with Crippen molar-refractivity contribution in [2.24, 2.45) is 0 Å². The Morgan fingerprint density at radius 3 is 2.71 bits per heavy atom. The van der Waals surface area contributed by atoms with Crippen LogP contribution in [0.15, 0.2) is 57.8 Å². The van der Waals surface area contributed by atoms with Gasteiger partial charge in [0.15, 0.2) is 11.5 Å². The number of hydrogen-bond donors (Lipinski definition) is 1. The molecule has 9 heteroatoms. The van der Waals surface area contributed by atoms with Crippen molar-refractivity contribution in [3.05, 3.63) is 64.5 Å². The van der Waals surface area contributed by atoms with E-state index in [1.807, 2.05) is 12.1 Å². The number of hydrogen-bond acceptors (Lipinski definition) is 6. The van der Waals surface area contributed by atoms with Crippen LogP contribution in [0.5, 0.6) is 0 Å². The number of non-ortho nitro benzene ring substituents is 1. The molecule has 24 heavy (non-hydrogen) atoms. The van der Waals surface area contributed by atoms with Gasteiger partial charge in [-0.15, -0.1) is 0 Å². The summed E-state index contributed by atoms with van der Waals surface area (Å²) >= 11 is 0. The fourth-order valence-electron chi connectivity index (χ4n) is 2.17. The van der Waals surface area contributed by atoms with Crippen molar-refractivity contribution in [1.82, 2.24) is 9.71 Å². The van der Waals surface area contributed by atoms with Crippen molar-refractivity contribution in [3.8, 4) is 0 Å². The minimum absolute atomic E-state index is 0.0673. The second kappa shape index (κ2) is 6.38. The monoisotopic (exact) mass is 347 g/mol. The molecule has 0 unspecified atom stereocenters. The first-order valence-electron chi connectivity index (χ1n) is 7.04. The summed E-state index contributed by atoms with van der Waals surface area (Å²) in [6.45, 7) is 0.0673. The highest BCUT2D eigenvalue weighted by Gasteiger charge is 2.17. The third kappa shape index (κ3) is 3.42. The highest BCUT2D eigenvalue weighted by molar-refractivity contribution is 7.89. The number of nitrogens with one attached hydrogen (secondary N) is 1. The molecule has 0 aliphatic heterocycles. The van der Waals surface area contributed by atoms with Crippen LogP contribution in [0.4, 0.5) is 5.69 Å². The summed E-state index contributed by atoms with van der Waals surface area (Å²) in [5.41, 5.74) is 1.06. The van der Waals surface area contributed by atoms with Crippen molar-refractivity contribution < 1.29 is 17.8 Å². The fourth-order valence-corrected chi connectivity index (χ4v) is 3.24. The average molecular weight is 347 g/mol. The maximum Gasteiger partial charge on any atom is 0.270 e. The predicted octanol–water partition coefficient (Wildman–Crippen LogP) is 2.26. The van der Waals surface area contributed by atoms with E-state index < -0.39 is 14.9 Å². The van der Waals surface area contributed by atoms with Crippen molar-refractivity contribution in [1.29, 1.82) is 0 Å². The molecule has 2 aromatic carbocycles. The van der Waals surface area contributed by atoms with Crippen LogP contribution in [0, 0.1) is 10.1 Å². The normalized spacial score (nSPS) is 11.7. The number of benzene rings is 2. The van der Waals surface area contributed by atoms with Gasteiger partial charge in [-0.2, -0.15) is 0 Å². The first kappa shape index (κ1) is 16.1. The first-order valence-corrected chi connectivity index (χ1v) is 8.52. The van der Waals surface area contributed by atoms with Gasteiger partial charge < -0.3 is 4.42 Å². The standard InChI is InChI=1S/C15H13N3O5S/c19-18(20)11-4-3-5-12(10-11)24(21,22)16-9-8-15-17-13-6-1-2-7-14(13)23-15/h1-7,10,16H,8-9H2. The highest BCUT2D eigenvalue weighted by Crippen LogP contribution is 2.18. The van der Waals surface area contributed by atoms with E-state index >= 15 is 0 Å². The topological polar surface area (TPSA) is 115 Å². The van der Waals surface area contributed by atoms with Gasteiger partial charge >= 0.3 is 0 Å². The Labute approximate surface area is 137 Å². The Bertz CT molecular complexity index is 964. The second-order valence-corrected chi connectivity index (χ2v) is 6.74. The van der Waals surface area contributed by atoms with E-state index in [1.54, 1.807) is 12.1 Å². The molecule has 0 bridgehead atoms. The van der Waals surface area contributed by atoms with Gasteiger partial charge in [-0.05, 0) is 18.2 Å². The summed E-state index contributed by atoms with van der Waals surface area (Å²) in [6, 6.07) is 12.1. The van der Waals surface area contributed by atoms with Crippen LogP contribution in [0.3, 0.4) is 0 Å². The van der Waals surface area contributed by atoms with Crippen LogP contribution in [-0.4, -0.2) is 24.9 Å². The molecule has 0 amide bonds. The molecule has 0 saturated carbocycles. The van der Waals surface area contributed by atoms with Crippen molar-refractivity contribution in [2.45, 2.75) is 11.3 Å². The summed E-state index contributed by atoms with van der Waals surface area (Å²) in [5, 5.41) is 10.7. The molecule has 0 atom stereocenters. The summed E-state index contributed by atoms with van der Waals surface area (Å²) in [6.07, 6.45) is 0.267. The third-order valence-electron chi connectivity index (χ3n) is 3.31. The molecular weight excluding hydrogens is 334 g/mol. The molecule has 1 N–H and O–H groups in total. The van der Waals surface area contributed by atoms with Crippen molar-refractivity contribution in [2.75, 3.05) is 6.54 Å². The molecule has 3 aromatic rings. The second-order valence-electron chi connectivity index (χ2n) is 4.98. The quantitative estimate of drug-likeness (QED) is 0.540. The average Bonchev–Trinajstić information content (AvgIpc) is 2.97. The Balaban J connectivity index is 1.69. The number of oxazole rings is 1. The maximum absolute atomic E-state index is 12.2. The van der Waals surface area contributed by atoms with Crippen LogP contribution in [0.2, 0.25) is 0 Å². The number of nitro groups is 1. The van der Waals surface area contributed by atoms with Gasteiger partial charge in [0.2, 0.25) is 10.0 Å². The number of aromatic nitrogens is 1. The van der Waals surface area contributed by atoms with Crippen molar-refractivity contribution in [3.63, 3.8) is 0 Å². The summed E-state index contributed by atoms with van der Waals surface area (Å²) in [7, 11) is -3.84. The number of rotatable bonds is 6. The zero-order valence-corrected chi connectivity index (χ0v) is 13.2. The van der Waals surface area contributed by atoms with E-state index in [0.717, 1.165) is 6.07 Å². The lowest BCUT2D eigenvalue weighted by molar-refractivity contribution is -0.385. The van der Waals surface area contributed by atoms with Crippen LogP contribution >= 0.6 is 0 Å². The van der Waals surface area contributed by atoms with E-state index in [-0.39, 0.29) is 23.5 Å². The molecule has 8 nitrogen and oxygen atoms in total. The summed E-state index contributed by atoms with van der Waals surface area (Å²) in [5.74, 6) is 0.415. The predicted molar refractivity (Wildman–Crippen MR) is 86.0 cm³/mol. The number of nitrogens with zero attached hydrogens (tertiary/aromatic N) is 2. The largest absolute Gasteiger partial charge is 0.441 e. The smallest absolute Gasteiger partial charge is 0.270 e. The highest BCUT2D eigenvalue weighted by atomic mass is 32.2. The van der Waals surface area contributed by atoms with Gasteiger partial charge in [0.25, 0.3) is 5.69 Å². The SMILES string of the molecule is O=[N+]([O-])c1cccc(S(=O)(=O)NCCc2nc3ccccc3o2)c1. The Morgan fingerprint density at radius 2 is 1.96 bits per heavy atom. The zero-order valence-electron chi connectivity index (χ0n) is 12.4. The van der Waals surface area contributed by atoms with Crippen LogP contribution in [0.1, 0.15) is 5.89 Å². The van der Waals surface area contributed by atoms with E-state index in [0.29, 0.717) is 17.0 Å². The maximum atomic E-state index is 12.2. The van der Waals surface area contributed by atoms with Crippen LogP contribution in [0.25, 0.3) is 11.1 Å². The van der Waals surface area contributed by atoms with Gasteiger partial charge in [0, 0.05) is 25.1 Å². The molecular formula is C15H13N3O5S. The molecule has 124 valence electrons. The Hall–Kier alpha value is -2.78. The van der Waals surface area contributed by atoms with Crippen molar-refractivity contribution >= 4 is 26.8 Å². The third-order valence-corrected chi connectivity index (χ3v) is 4.77. The molecule has 0 aliphatic rings. The van der Waals surface area contributed by atoms with E-state index in [4.69, 9.17) is 4.42 Å². The van der Waals surface area contributed by atoms with Gasteiger partial charge in [-0.3, -0.25) is 10.1 Å². The molecule has 0 saturated heterocycles. The number of fused-ring (bicyclic) bond motifs is 1. The molecule has 1 heterocycles. The van der Waals surface area contributed by atoms with Gasteiger partial charge in [-0.1, -0.05) is 18.2 Å². The minimum atomic E-state index is -3.84. The number of para-hydroxylation sites is 2. The first-order chi connectivity index (χ1) is 11.5. The molecule has 0 spiro atoms. The molecule has 3 rings (SSSR count). The van der Waals surface area contributed by atoms with Gasteiger partial charge in [0.1, 0.15) is 5.52 Å². The summed E-state index contributed by atoms with van der Waals surface area (Å²) < 4.78 is 32.3. The number of nitro benzene ring substituents is 1. The lowest BCUT2D eigenvalue weighted by Gasteiger charge is -2.05. The lowest BCUT2D eigenvalue weighted by atomic mass is 10.3. The van der Waals surface area contributed by atoms with E-state index in [2.05, 4.69) is 9.71 Å².